The van der Waals surface area contributed by atoms with E-state index in [1.807, 2.05) is 66.7 Å². The van der Waals surface area contributed by atoms with E-state index in [-0.39, 0.29) is 32.2 Å². The molecule has 31 heavy (non-hydrogen) atoms. The van der Waals surface area contributed by atoms with E-state index in [4.69, 9.17) is 9.72 Å². The molecule has 0 spiro atoms. The Morgan fingerprint density at radius 3 is 2.32 bits per heavy atom. The fraction of sp³-hybridized carbons (Fsp3) is 0.154. The van der Waals surface area contributed by atoms with E-state index in [9.17, 15) is 5.11 Å². The van der Waals surface area contributed by atoms with E-state index < -0.39 is 0 Å². The van der Waals surface area contributed by atoms with Crippen LogP contribution in [0.5, 0.6) is 17.4 Å². The molecule has 4 aromatic rings. The average molecular weight is 591 g/mol. The molecule has 5 heteroatoms. The van der Waals surface area contributed by atoms with Gasteiger partial charge in [0, 0.05) is 44.6 Å². The SMILES string of the molecule is CC(C)(C)c1cccc(-c2cccc(-c3[c-]c(Oc4ccccn4)ccc3)n2)c1O.[Pt]. The molecule has 0 aliphatic heterocycles. The van der Waals surface area contributed by atoms with Gasteiger partial charge in [-0.1, -0.05) is 57.2 Å². The number of rotatable bonds is 4. The van der Waals surface area contributed by atoms with Crippen LogP contribution < -0.4 is 4.74 Å². The molecule has 0 aliphatic rings. The second-order valence-corrected chi connectivity index (χ2v) is 8.06. The van der Waals surface area contributed by atoms with Crippen LogP contribution in [0.15, 0.2) is 79.0 Å². The fourth-order valence-corrected chi connectivity index (χ4v) is 3.27. The molecule has 0 saturated heterocycles. The Morgan fingerprint density at radius 2 is 1.58 bits per heavy atom. The number of benzene rings is 2. The van der Waals surface area contributed by atoms with Crippen LogP contribution in [-0.2, 0) is 26.5 Å². The van der Waals surface area contributed by atoms with Gasteiger partial charge in [-0.2, -0.15) is 0 Å². The summed E-state index contributed by atoms with van der Waals surface area (Å²) in [6.45, 7) is 6.24. The largest absolute Gasteiger partial charge is 0.507 e. The summed E-state index contributed by atoms with van der Waals surface area (Å²) < 4.78 is 5.79. The Bertz CT molecular complexity index is 1170. The van der Waals surface area contributed by atoms with Gasteiger partial charge < -0.3 is 9.84 Å². The van der Waals surface area contributed by atoms with E-state index in [1.54, 1.807) is 12.3 Å². The summed E-state index contributed by atoms with van der Waals surface area (Å²) >= 11 is 0. The monoisotopic (exact) mass is 590 g/mol. The maximum Gasteiger partial charge on any atom is 0.217 e. The zero-order valence-electron chi connectivity index (χ0n) is 17.6. The van der Waals surface area contributed by atoms with Crippen LogP contribution in [0.4, 0.5) is 0 Å². The predicted octanol–water partition coefficient (Wildman–Crippen LogP) is 6.40. The van der Waals surface area contributed by atoms with Crippen LogP contribution in [-0.4, -0.2) is 15.1 Å². The van der Waals surface area contributed by atoms with Crippen LogP contribution in [0, 0.1) is 6.07 Å². The summed E-state index contributed by atoms with van der Waals surface area (Å²) in [5, 5.41) is 10.9. The molecule has 0 bridgehead atoms. The van der Waals surface area contributed by atoms with E-state index in [2.05, 4.69) is 31.8 Å². The molecule has 1 N–H and O–H groups in total. The van der Waals surface area contributed by atoms with Gasteiger partial charge in [-0.25, -0.2) is 4.98 Å². The van der Waals surface area contributed by atoms with Crippen molar-refractivity contribution in [2.24, 2.45) is 0 Å². The number of aromatic nitrogens is 2. The molecule has 160 valence electrons. The standard InChI is InChI=1S/C26H23N2O2.Pt/c1-26(2,3)21-12-7-11-20(25(21)29)23-14-8-13-22(28-23)18-9-6-10-19(17-18)30-24-15-4-5-16-27-24;/h4-16,29H,1-3H3;/q-1;. The van der Waals surface area contributed by atoms with Gasteiger partial charge in [0.25, 0.3) is 0 Å². The predicted molar refractivity (Wildman–Crippen MR) is 119 cm³/mol. The molecular formula is C26H23N2O2Pt-. The summed E-state index contributed by atoms with van der Waals surface area (Å²) in [5.41, 5.74) is 3.70. The molecular weight excluding hydrogens is 567 g/mol. The minimum Gasteiger partial charge on any atom is -0.507 e. The normalized spacial score (nSPS) is 10.9. The number of aromatic hydroxyl groups is 1. The number of phenolic OH excluding ortho intramolecular Hbond substituents is 1. The van der Waals surface area contributed by atoms with Gasteiger partial charge in [0.2, 0.25) is 5.88 Å². The van der Waals surface area contributed by atoms with Crippen LogP contribution in [0.25, 0.3) is 22.5 Å². The van der Waals surface area contributed by atoms with Crippen molar-refractivity contribution < 1.29 is 30.9 Å². The first-order valence-electron chi connectivity index (χ1n) is 9.83. The smallest absolute Gasteiger partial charge is 0.217 e. The second kappa shape index (κ2) is 9.45. The van der Waals surface area contributed by atoms with Crippen LogP contribution in [0.2, 0.25) is 0 Å². The van der Waals surface area contributed by atoms with Crippen molar-refractivity contribution >= 4 is 0 Å². The third-order valence-corrected chi connectivity index (χ3v) is 4.77. The molecule has 0 fully saturated rings. The fourth-order valence-electron chi connectivity index (χ4n) is 3.27. The summed E-state index contributed by atoms with van der Waals surface area (Å²) in [4.78, 5) is 8.97. The van der Waals surface area contributed by atoms with Crippen LogP contribution in [0.3, 0.4) is 0 Å². The topological polar surface area (TPSA) is 55.2 Å². The summed E-state index contributed by atoms with van der Waals surface area (Å²) in [6.07, 6.45) is 1.68. The Kier molecular flexibility index (Phi) is 6.92. The van der Waals surface area contributed by atoms with Gasteiger partial charge in [0.1, 0.15) is 5.75 Å². The van der Waals surface area contributed by atoms with Crippen molar-refractivity contribution in [3.05, 3.63) is 90.6 Å². The molecule has 0 radical (unpaired) electrons. The number of hydrogen-bond donors (Lipinski definition) is 1. The Morgan fingerprint density at radius 1 is 0.839 bits per heavy atom. The van der Waals surface area contributed by atoms with Crippen LogP contribution in [0.1, 0.15) is 26.3 Å². The third-order valence-electron chi connectivity index (χ3n) is 4.77. The first kappa shape index (κ1) is 22.7. The minimum atomic E-state index is -0.164. The van der Waals surface area contributed by atoms with Crippen molar-refractivity contribution in [1.29, 1.82) is 0 Å². The molecule has 2 aromatic heterocycles. The maximum absolute atomic E-state index is 10.9. The Labute approximate surface area is 197 Å². The van der Waals surface area contributed by atoms with Crippen molar-refractivity contribution in [2.45, 2.75) is 26.2 Å². The molecule has 0 saturated carbocycles. The summed E-state index contributed by atoms with van der Waals surface area (Å²) in [6, 6.07) is 26.0. The maximum atomic E-state index is 10.9. The molecule has 0 amide bonds. The van der Waals surface area contributed by atoms with Gasteiger partial charge in [0.05, 0.1) is 5.69 Å². The van der Waals surface area contributed by atoms with E-state index in [0.29, 0.717) is 22.9 Å². The van der Waals surface area contributed by atoms with Crippen molar-refractivity contribution in [2.75, 3.05) is 0 Å². The number of para-hydroxylation sites is 1. The van der Waals surface area contributed by atoms with Gasteiger partial charge in [-0.05, 0) is 34.9 Å². The molecule has 0 aliphatic carbocycles. The quantitative estimate of drug-likeness (QED) is 0.280. The third kappa shape index (κ3) is 5.21. The van der Waals surface area contributed by atoms with Crippen molar-refractivity contribution in [3.8, 4) is 39.9 Å². The minimum absolute atomic E-state index is 0. The second-order valence-electron chi connectivity index (χ2n) is 8.06. The number of pyridine rings is 2. The zero-order chi connectivity index (χ0) is 21.1. The van der Waals surface area contributed by atoms with Gasteiger partial charge in [0.15, 0.2) is 0 Å². The van der Waals surface area contributed by atoms with Crippen molar-refractivity contribution in [3.63, 3.8) is 0 Å². The van der Waals surface area contributed by atoms with E-state index in [0.717, 1.165) is 16.8 Å². The molecule has 4 nitrogen and oxygen atoms in total. The first-order valence-corrected chi connectivity index (χ1v) is 9.83. The number of phenols is 1. The Hall–Kier alpha value is -2.97. The number of nitrogens with zero attached hydrogens (tertiary/aromatic N) is 2. The van der Waals surface area contributed by atoms with Crippen molar-refractivity contribution in [1.82, 2.24) is 9.97 Å². The van der Waals surface area contributed by atoms with Gasteiger partial charge in [-0.3, -0.25) is 4.98 Å². The van der Waals surface area contributed by atoms with E-state index in [1.165, 1.54) is 0 Å². The van der Waals surface area contributed by atoms with E-state index >= 15 is 0 Å². The average Bonchev–Trinajstić information content (AvgIpc) is 2.74. The van der Waals surface area contributed by atoms with Gasteiger partial charge >= 0.3 is 0 Å². The first-order chi connectivity index (χ1) is 14.4. The molecule has 4 rings (SSSR count). The Balaban J connectivity index is 0.00000272. The number of hydrogen-bond acceptors (Lipinski definition) is 4. The molecule has 2 aromatic carbocycles. The summed E-state index contributed by atoms with van der Waals surface area (Å²) in [7, 11) is 0. The van der Waals surface area contributed by atoms with Gasteiger partial charge in [-0.15, -0.1) is 23.8 Å². The zero-order valence-corrected chi connectivity index (χ0v) is 19.8. The molecule has 0 atom stereocenters. The summed E-state index contributed by atoms with van der Waals surface area (Å²) in [5.74, 6) is 1.35. The van der Waals surface area contributed by atoms with Crippen LogP contribution >= 0.6 is 0 Å². The molecule has 2 heterocycles. The number of ether oxygens (including phenoxy) is 1. The molecule has 0 unspecified atom stereocenters.